The molecule has 0 unspecified atom stereocenters. The van der Waals surface area contributed by atoms with Crippen LogP contribution in [0.25, 0.3) is 27.6 Å². The van der Waals surface area contributed by atoms with Crippen LogP contribution >= 0.6 is 0 Å². The Hall–Kier alpha value is -2.88. The molecule has 4 rings (SSSR count). The number of aromatic hydroxyl groups is 1. The molecule has 0 fully saturated rings. The van der Waals surface area contributed by atoms with Crippen LogP contribution in [0.3, 0.4) is 0 Å². The molecule has 0 bridgehead atoms. The number of hydrogen-bond acceptors (Lipinski definition) is 3. The molecule has 4 nitrogen and oxygen atoms in total. The SMILES string of the molecule is CC(C)(C)c1ccnc(-n2c3cnccc3c3ccc(O)cc32)c1. The first-order valence-corrected chi connectivity index (χ1v) is 7.99. The Bertz CT molecular complexity index is 1060. The number of rotatable bonds is 1. The van der Waals surface area contributed by atoms with Crippen molar-refractivity contribution < 1.29 is 5.11 Å². The Morgan fingerprint density at radius 2 is 1.71 bits per heavy atom. The maximum Gasteiger partial charge on any atom is 0.137 e. The molecule has 0 aliphatic rings. The molecule has 3 heterocycles. The third-order valence-corrected chi connectivity index (χ3v) is 4.39. The van der Waals surface area contributed by atoms with Gasteiger partial charge in [0.1, 0.15) is 11.6 Å². The van der Waals surface area contributed by atoms with Crippen LogP contribution in [0.4, 0.5) is 0 Å². The Morgan fingerprint density at radius 1 is 0.917 bits per heavy atom. The zero-order chi connectivity index (χ0) is 16.9. The predicted molar refractivity (Wildman–Crippen MR) is 96.7 cm³/mol. The third-order valence-electron chi connectivity index (χ3n) is 4.39. The van der Waals surface area contributed by atoms with Crippen LogP contribution in [0.15, 0.2) is 55.0 Å². The Kier molecular flexibility index (Phi) is 3.10. The molecule has 1 N–H and O–H groups in total. The second-order valence-electron chi connectivity index (χ2n) is 7.08. The molecule has 0 spiro atoms. The van der Waals surface area contributed by atoms with Gasteiger partial charge in [-0.15, -0.1) is 0 Å². The van der Waals surface area contributed by atoms with E-state index in [9.17, 15) is 5.11 Å². The van der Waals surface area contributed by atoms with Gasteiger partial charge in [0.2, 0.25) is 0 Å². The van der Waals surface area contributed by atoms with Gasteiger partial charge in [0, 0.05) is 29.2 Å². The number of fused-ring (bicyclic) bond motifs is 3. The number of hydrogen-bond donors (Lipinski definition) is 1. The lowest BCUT2D eigenvalue weighted by molar-refractivity contribution is 0.476. The summed E-state index contributed by atoms with van der Waals surface area (Å²) in [5, 5.41) is 12.1. The standard InChI is InChI=1S/C20H19N3O/c1-20(2,3)13-6-9-22-19(10-13)23-17-11-14(24)4-5-15(17)16-7-8-21-12-18(16)23/h4-12,24H,1-3H3. The van der Waals surface area contributed by atoms with Crippen molar-refractivity contribution >= 4 is 21.8 Å². The molecule has 0 radical (unpaired) electrons. The average molecular weight is 317 g/mol. The summed E-state index contributed by atoms with van der Waals surface area (Å²) in [6.45, 7) is 6.56. The summed E-state index contributed by atoms with van der Waals surface area (Å²) >= 11 is 0. The van der Waals surface area contributed by atoms with Crippen molar-refractivity contribution in [1.82, 2.24) is 14.5 Å². The minimum Gasteiger partial charge on any atom is -0.508 e. The molecular formula is C20H19N3O. The summed E-state index contributed by atoms with van der Waals surface area (Å²) in [5.74, 6) is 1.08. The third kappa shape index (κ3) is 2.22. The second-order valence-corrected chi connectivity index (χ2v) is 7.08. The lowest BCUT2D eigenvalue weighted by Gasteiger charge is -2.19. The molecular weight excluding hydrogens is 298 g/mol. The van der Waals surface area contributed by atoms with E-state index in [-0.39, 0.29) is 11.2 Å². The number of pyridine rings is 2. The number of nitrogens with zero attached hydrogens (tertiary/aromatic N) is 3. The van der Waals surface area contributed by atoms with E-state index in [1.165, 1.54) is 5.56 Å². The quantitative estimate of drug-likeness (QED) is 0.559. The smallest absolute Gasteiger partial charge is 0.137 e. The van der Waals surface area contributed by atoms with Crippen LogP contribution in [0.5, 0.6) is 5.75 Å². The molecule has 0 aliphatic carbocycles. The Balaban J connectivity index is 2.10. The molecule has 0 saturated heterocycles. The first kappa shape index (κ1) is 14.7. The van der Waals surface area contributed by atoms with Crippen molar-refractivity contribution in [1.29, 1.82) is 0 Å². The largest absolute Gasteiger partial charge is 0.508 e. The van der Waals surface area contributed by atoms with E-state index >= 15 is 0 Å². The highest BCUT2D eigenvalue weighted by molar-refractivity contribution is 6.09. The molecule has 0 saturated carbocycles. The van der Waals surface area contributed by atoms with Crippen molar-refractivity contribution in [3.63, 3.8) is 0 Å². The summed E-state index contributed by atoms with van der Waals surface area (Å²) in [7, 11) is 0. The van der Waals surface area contributed by atoms with Gasteiger partial charge in [-0.1, -0.05) is 20.8 Å². The van der Waals surface area contributed by atoms with Crippen LogP contribution in [0.2, 0.25) is 0 Å². The number of phenols is 1. The monoisotopic (exact) mass is 317 g/mol. The first-order valence-electron chi connectivity index (χ1n) is 7.99. The number of aromatic nitrogens is 3. The van der Waals surface area contributed by atoms with Gasteiger partial charge in [0.05, 0.1) is 17.2 Å². The summed E-state index contributed by atoms with van der Waals surface area (Å²) in [5.41, 5.74) is 3.16. The normalized spacial score (nSPS) is 12.1. The fourth-order valence-electron chi connectivity index (χ4n) is 3.11. The molecule has 3 aromatic heterocycles. The lowest BCUT2D eigenvalue weighted by Crippen LogP contribution is -2.12. The minimum atomic E-state index is 0.0385. The van der Waals surface area contributed by atoms with E-state index in [1.54, 1.807) is 18.3 Å². The van der Waals surface area contributed by atoms with Gasteiger partial charge in [-0.2, -0.15) is 0 Å². The Morgan fingerprint density at radius 3 is 2.50 bits per heavy atom. The van der Waals surface area contributed by atoms with E-state index in [0.717, 1.165) is 27.6 Å². The van der Waals surface area contributed by atoms with E-state index in [1.807, 2.05) is 30.6 Å². The average Bonchev–Trinajstić information content (AvgIpc) is 2.87. The van der Waals surface area contributed by atoms with Gasteiger partial charge in [0.25, 0.3) is 0 Å². The van der Waals surface area contributed by atoms with Crippen LogP contribution in [-0.2, 0) is 5.41 Å². The van der Waals surface area contributed by atoms with Crippen molar-refractivity contribution in [2.75, 3.05) is 0 Å². The van der Waals surface area contributed by atoms with Crippen LogP contribution in [-0.4, -0.2) is 19.6 Å². The number of phenolic OH excluding ortho intramolecular Hbond substituents is 1. The topological polar surface area (TPSA) is 50.9 Å². The van der Waals surface area contributed by atoms with Gasteiger partial charge in [-0.3, -0.25) is 9.55 Å². The van der Waals surface area contributed by atoms with E-state index in [0.29, 0.717) is 0 Å². The van der Waals surface area contributed by atoms with E-state index in [2.05, 4.69) is 41.4 Å². The highest BCUT2D eigenvalue weighted by atomic mass is 16.3. The van der Waals surface area contributed by atoms with Gasteiger partial charge < -0.3 is 5.11 Å². The van der Waals surface area contributed by atoms with E-state index < -0.39 is 0 Å². The lowest BCUT2D eigenvalue weighted by atomic mass is 9.88. The molecule has 0 amide bonds. The minimum absolute atomic E-state index is 0.0385. The zero-order valence-electron chi connectivity index (χ0n) is 14.0. The van der Waals surface area contributed by atoms with Gasteiger partial charge in [0.15, 0.2) is 0 Å². The van der Waals surface area contributed by atoms with Crippen molar-refractivity contribution in [2.45, 2.75) is 26.2 Å². The van der Waals surface area contributed by atoms with Crippen LogP contribution < -0.4 is 0 Å². The summed E-state index contributed by atoms with van der Waals surface area (Å²) in [6, 6.07) is 11.6. The summed E-state index contributed by atoms with van der Waals surface area (Å²) in [6.07, 6.45) is 5.47. The Labute approximate surface area is 140 Å². The van der Waals surface area contributed by atoms with Crippen molar-refractivity contribution in [2.24, 2.45) is 0 Å². The molecule has 4 aromatic rings. The molecule has 120 valence electrons. The number of benzene rings is 1. The predicted octanol–water partition coefficient (Wildman–Crippen LogP) is 4.58. The van der Waals surface area contributed by atoms with Crippen LogP contribution in [0.1, 0.15) is 26.3 Å². The first-order chi connectivity index (χ1) is 11.4. The fourth-order valence-corrected chi connectivity index (χ4v) is 3.11. The van der Waals surface area contributed by atoms with Crippen molar-refractivity contribution in [3.05, 3.63) is 60.6 Å². The van der Waals surface area contributed by atoms with Crippen molar-refractivity contribution in [3.8, 4) is 11.6 Å². The van der Waals surface area contributed by atoms with Gasteiger partial charge in [-0.25, -0.2) is 4.98 Å². The van der Waals surface area contributed by atoms with E-state index in [4.69, 9.17) is 0 Å². The molecule has 4 heteroatoms. The van der Waals surface area contributed by atoms with Gasteiger partial charge in [-0.05, 0) is 41.3 Å². The second kappa shape index (κ2) is 5.06. The van der Waals surface area contributed by atoms with Gasteiger partial charge >= 0.3 is 0 Å². The highest BCUT2D eigenvalue weighted by Crippen LogP contribution is 2.33. The summed E-state index contributed by atoms with van der Waals surface area (Å²) in [4.78, 5) is 8.86. The highest BCUT2D eigenvalue weighted by Gasteiger charge is 2.17. The van der Waals surface area contributed by atoms with Crippen LogP contribution in [0, 0.1) is 0 Å². The molecule has 24 heavy (non-hydrogen) atoms. The summed E-state index contributed by atoms with van der Waals surface area (Å²) < 4.78 is 2.06. The maximum atomic E-state index is 9.96. The molecule has 1 aromatic carbocycles. The zero-order valence-corrected chi connectivity index (χ0v) is 14.0. The molecule has 0 aliphatic heterocycles. The molecule has 0 atom stereocenters. The maximum absolute atomic E-state index is 9.96. The fraction of sp³-hybridized carbons (Fsp3) is 0.200.